The van der Waals surface area contributed by atoms with Gasteiger partial charge in [-0.15, -0.1) is 0 Å². The molecule has 1 saturated heterocycles. The molecule has 1 unspecified atom stereocenters. The molecule has 0 radical (unpaired) electrons. The molecule has 0 bridgehead atoms. The van der Waals surface area contributed by atoms with Gasteiger partial charge >= 0.3 is 5.97 Å². The van der Waals surface area contributed by atoms with E-state index in [0.29, 0.717) is 18.0 Å². The third kappa shape index (κ3) is 4.00. The van der Waals surface area contributed by atoms with Gasteiger partial charge in [-0.05, 0) is 31.4 Å². The highest BCUT2D eigenvalue weighted by molar-refractivity contribution is 5.72. The van der Waals surface area contributed by atoms with E-state index < -0.39 is 0 Å². The van der Waals surface area contributed by atoms with Crippen LogP contribution in [0.4, 0.5) is 5.69 Å². The van der Waals surface area contributed by atoms with Crippen LogP contribution in [0, 0.1) is 0 Å². The molecule has 1 aliphatic rings. The molecule has 98 valence electrons. The Morgan fingerprint density at radius 3 is 3.06 bits per heavy atom. The van der Waals surface area contributed by atoms with Gasteiger partial charge in [0, 0.05) is 6.61 Å². The summed E-state index contributed by atoms with van der Waals surface area (Å²) >= 11 is 0. The van der Waals surface area contributed by atoms with Crippen LogP contribution in [0.3, 0.4) is 0 Å². The predicted molar refractivity (Wildman–Crippen MR) is 66.9 cm³/mol. The zero-order valence-electron chi connectivity index (χ0n) is 10.3. The lowest BCUT2D eigenvalue weighted by atomic mass is 10.1. The number of rotatable bonds is 4. The molecule has 1 atom stereocenters. The lowest BCUT2D eigenvalue weighted by molar-refractivity contribution is -0.148. The van der Waals surface area contributed by atoms with Gasteiger partial charge in [-0.3, -0.25) is 9.78 Å². The predicted octanol–water partition coefficient (Wildman–Crippen LogP) is 1.32. The van der Waals surface area contributed by atoms with E-state index in [0.717, 1.165) is 25.9 Å². The molecule has 0 aromatic carbocycles. The molecule has 0 aliphatic carbocycles. The summed E-state index contributed by atoms with van der Waals surface area (Å²) < 4.78 is 10.7. The van der Waals surface area contributed by atoms with Crippen LogP contribution in [-0.2, 0) is 20.7 Å². The Balaban J connectivity index is 1.73. The Hall–Kier alpha value is -1.62. The SMILES string of the molecule is Nc1ccc(CC(=O)OCC2CCCCO2)nc1. The van der Waals surface area contributed by atoms with Crippen molar-refractivity contribution in [1.29, 1.82) is 0 Å². The maximum absolute atomic E-state index is 11.6. The summed E-state index contributed by atoms with van der Waals surface area (Å²) in [5.41, 5.74) is 6.77. The number of pyridine rings is 1. The van der Waals surface area contributed by atoms with Crippen molar-refractivity contribution in [2.45, 2.75) is 31.8 Å². The average Bonchev–Trinajstić information content (AvgIpc) is 2.40. The number of esters is 1. The summed E-state index contributed by atoms with van der Waals surface area (Å²) in [5, 5.41) is 0. The highest BCUT2D eigenvalue weighted by Crippen LogP contribution is 2.13. The molecule has 0 saturated carbocycles. The molecule has 1 aromatic heterocycles. The van der Waals surface area contributed by atoms with E-state index in [1.54, 1.807) is 12.1 Å². The number of hydrogen-bond acceptors (Lipinski definition) is 5. The molecule has 1 aromatic rings. The van der Waals surface area contributed by atoms with Gasteiger partial charge in [0.25, 0.3) is 0 Å². The number of nitrogen functional groups attached to an aromatic ring is 1. The first-order valence-corrected chi connectivity index (χ1v) is 6.21. The fourth-order valence-electron chi connectivity index (χ4n) is 1.86. The van der Waals surface area contributed by atoms with Crippen LogP contribution < -0.4 is 5.73 Å². The molecular weight excluding hydrogens is 232 g/mol. The topological polar surface area (TPSA) is 74.4 Å². The Labute approximate surface area is 106 Å². The van der Waals surface area contributed by atoms with Crippen LogP contribution in [0.15, 0.2) is 18.3 Å². The Bertz CT molecular complexity index is 386. The lowest BCUT2D eigenvalue weighted by Crippen LogP contribution is -2.26. The molecular formula is C13H18N2O3. The maximum Gasteiger partial charge on any atom is 0.311 e. The van der Waals surface area contributed by atoms with E-state index in [4.69, 9.17) is 15.2 Å². The van der Waals surface area contributed by atoms with Crippen molar-refractivity contribution < 1.29 is 14.3 Å². The highest BCUT2D eigenvalue weighted by Gasteiger charge is 2.16. The summed E-state index contributed by atoms with van der Waals surface area (Å²) in [7, 11) is 0. The number of anilines is 1. The Kier molecular flexibility index (Phi) is 4.52. The lowest BCUT2D eigenvalue weighted by Gasteiger charge is -2.21. The zero-order chi connectivity index (χ0) is 12.8. The normalized spacial score (nSPS) is 19.4. The van der Waals surface area contributed by atoms with Gasteiger partial charge in [-0.1, -0.05) is 0 Å². The van der Waals surface area contributed by atoms with Gasteiger partial charge in [0.05, 0.1) is 30.1 Å². The molecule has 2 N–H and O–H groups in total. The second-order valence-electron chi connectivity index (χ2n) is 4.43. The first kappa shape index (κ1) is 12.8. The van der Waals surface area contributed by atoms with Gasteiger partial charge in [0.15, 0.2) is 0 Å². The van der Waals surface area contributed by atoms with Crippen molar-refractivity contribution >= 4 is 11.7 Å². The fraction of sp³-hybridized carbons (Fsp3) is 0.538. The number of nitrogens with zero attached hydrogens (tertiary/aromatic N) is 1. The largest absolute Gasteiger partial charge is 0.463 e. The van der Waals surface area contributed by atoms with Crippen molar-refractivity contribution in [3.05, 3.63) is 24.0 Å². The fourth-order valence-corrected chi connectivity index (χ4v) is 1.86. The van der Waals surface area contributed by atoms with E-state index in [2.05, 4.69) is 4.98 Å². The monoisotopic (exact) mass is 250 g/mol. The van der Waals surface area contributed by atoms with E-state index in [-0.39, 0.29) is 18.5 Å². The van der Waals surface area contributed by atoms with Crippen molar-refractivity contribution in [1.82, 2.24) is 4.98 Å². The molecule has 2 rings (SSSR count). The van der Waals surface area contributed by atoms with Crippen LogP contribution in [-0.4, -0.2) is 30.3 Å². The smallest absolute Gasteiger partial charge is 0.311 e. The summed E-state index contributed by atoms with van der Waals surface area (Å²) in [5.74, 6) is -0.276. The van der Waals surface area contributed by atoms with E-state index >= 15 is 0 Å². The molecule has 5 heteroatoms. The van der Waals surface area contributed by atoms with Crippen molar-refractivity contribution in [2.75, 3.05) is 18.9 Å². The summed E-state index contributed by atoms with van der Waals surface area (Å²) in [6.45, 7) is 1.11. The zero-order valence-corrected chi connectivity index (χ0v) is 10.3. The number of ether oxygens (including phenoxy) is 2. The van der Waals surface area contributed by atoms with Gasteiger partial charge in [-0.25, -0.2) is 0 Å². The van der Waals surface area contributed by atoms with Crippen LogP contribution in [0.5, 0.6) is 0 Å². The maximum atomic E-state index is 11.6. The first-order chi connectivity index (χ1) is 8.74. The Morgan fingerprint density at radius 1 is 1.50 bits per heavy atom. The van der Waals surface area contributed by atoms with Crippen molar-refractivity contribution in [3.8, 4) is 0 Å². The molecule has 18 heavy (non-hydrogen) atoms. The van der Waals surface area contributed by atoms with Crippen LogP contribution in [0.2, 0.25) is 0 Å². The number of hydrogen-bond donors (Lipinski definition) is 1. The van der Waals surface area contributed by atoms with Gasteiger partial charge in [0.1, 0.15) is 6.61 Å². The third-order valence-electron chi connectivity index (χ3n) is 2.88. The molecule has 0 spiro atoms. The molecule has 1 aliphatic heterocycles. The van der Waals surface area contributed by atoms with Crippen molar-refractivity contribution in [2.24, 2.45) is 0 Å². The van der Waals surface area contributed by atoms with Gasteiger partial charge < -0.3 is 15.2 Å². The number of aromatic nitrogens is 1. The average molecular weight is 250 g/mol. The Morgan fingerprint density at radius 2 is 2.39 bits per heavy atom. The molecule has 0 amide bonds. The van der Waals surface area contributed by atoms with Crippen LogP contribution in [0.25, 0.3) is 0 Å². The van der Waals surface area contributed by atoms with Crippen LogP contribution >= 0.6 is 0 Å². The number of nitrogens with two attached hydrogens (primary N) is 1. The molecule has 1 fully saturated rings. The standard InChI is InChI=1S/C13H18N2O3/c14-10-4-5-11(15-8-10)7-13(16)18-9-12-3-1-2-6-17-12/h4-5,8,12H,1-3,6-7,9,14H2. The van der Waals surface area contributed by atoms with E-state index in [1.807, 2.05) is 0 Å². The van der Waals surface area contributed by atoms with Crippen molar-refractivity contribution in [3.63, 3.8) is 0 Å². The van der Waals surface area contributed by atoms with E-state index in [1.165, 1.54) is 6.20 Å². The van der Waals surface area contributed by atoms with Gasteiger partial charge in [-0.2, -0.15) is 0 Å². The highest BCUT2D eigenvalue weighted by atomic mass is 16.6. The third-order valence-corrected chi connectivity index (χ3v) is 2.88. The second kappa shape index (κ2) is 6.35. The minimum Gasteiger partial charge on any atom is -0.463 e. The van der Waals surface area contributed by atoms with Crippen LogP contribution in [0.1, 0.15) is 25.0 Å². The minimum atomic E-state index is -0.276. The minimum absolute atomic E-state index is 0.0575. The number of carbonyl (C=O) groups excluding carboxylic acids is 1. The second-order valence-corrected chi connectivity index (χ2v) is 4.43. The van der Waals surface area contributed by atoms with E-state index in [9.17, 15) is 4.79 Å². The number of carbonyl (C=O) groups is 1. The summed E-state index contributed by atoms with van der Waals surface area (Å²) in [4.78, 5) is 15.6. The van der Waals surface area contributed by atoms with Gasteiger partial charge in [0.2, 0.25) is 0 Å². The first-order valence-electron chi connectivity index (χ1n) is 6.21. The quantitative estimate of drug-likeness (QED) is 0.816. The molecule has 2 heterocycles. The molecule has 5 nitrogen and oxygen atoms in total. The summed E-state index contributed by atoms with van der Waals surface area (Å²) in [6.07, 6.45) is 4.97. The summed E-state index contributed by atoms with van der Waals surface area (Å²) in [6, 6.07) is 3.45.